The van der Waals surface area contributed by atoms with Crippen LogP contribution in [0.4, 0.5) is 0 Å². The lowest BCUT2D eigenvalue weighted by Crippen LogP contribution is -2.46. The Morgan fingerprint density at radius 2 is 1.85 bits per heavy atom. The van der Waals surface area contributed by atoms with Crippen molar-refractivity contribution < 1.29 is 19.6 Å². The SMILES string of the molecule is Cl.NCCC(=O)N1CC2(C[C@H]1C(=O)NCCCCCC(=O)NO)SCCS2. The van der Waals surface area contributed by atoms with Crippen LogP contribution in [0.1, 0.15) is 38.5 Å². The van der Waals surface area contributed by atoms with Crippen LogP contribution in [-0.2, 0) is 14.4 Å². The zero-order chi connectivity index (χ0) is 19.0. The van der Waals surface area contributed by atoms with Gasteiger partial charge in [-0.05, 0) is 12.8 Å². The number of nitrogens with one attached hydrogen (secondary N) is 2. The Bertz CT molecular complexity index is 521. The van der Waals surface area contributed by atoms with Crippen LogP contribution in [0.5, 0.6) is 0 Å². The zero-order valence-corrected chi connectivity index (χ0v) is 17.7. The first-order valence-corrected chi connectivity index (χ1v) is 11.0. The molecular formula is C16H29ClN4O4S2. The Kier molecular flexibility index (Phi) is 10.8. The maximum absolute atomic E-state index is 12.6. The van der Waals surface area contributed by atoms with E-state index in [9.17, 15) is 14.4 Å². The normalized spacial score (nSPS) is 20.4. The van der Waals surface area contributed by atoms with Crippen molar-refractivity contribution in [3.8, 4) is 0 Å². The Morgan fingerprint density at radius 3 is 2.48 bits per heavy atom. The monoisotopic (exact) mass is 440 g/mol. The van der Waals surface area contributed by atoms with E-state index in [1.807, 2.05) is 23.5 Å². The molecule has 2 fully saturated rings. The minimum absolute atomic E-state index is 0. The standard InChI is InChI=1S/C16H28N4O4S2.ClH/c17-6-5-14(22)20-11-16(25-8-9-26-16)10-12(20)15(23)18-7-3-1-2-4-13(21)19-24;/h12,24H,1-11,17H2,(H,18,23)(H,19,21);1H/t12-;/m0./s1. The van der Waals surface area contributed by atoms with Crippen molar-refractivity contribution in [3.63, 3.8) is 0 Å². The lowest BCUT2D eigenvalue weighted by atomic mass is 10.1. The van der Waals surface area contributed by atoms with E-state index in [0.29, 0.717) is 32.5 Å². The predicted octanol–water partition coefficient (Wildman–Crippen LogP) is 0.716. The van der Waals surface area contributed by atoms with Gasteiger partial charge in [0.1, 0.15) is 6.04 Å². The molecule has 1 spiro atoms. The summed E-state index contributed by atoms with van der Waals surface area (Å²) >= 11 is 3.70. The van der Waals surface area contributed by atoms with E-state index in [1.54, 1.807) is 10.4 Å². The highest BCUT2D eigenvalue weighted by molar-refractivity contribution is 8.21. The molecule has 2 heterocycles. The number of nitrogens with two attached hydrogens (primary N) is 1. The van der Waals surface area contributed by atoms with E-state index in [4.69, 9.17) is 10.9 Å². The Hall–Kier alpha value is -0.680. The molecule has 0 aliphatic carbocycles. The lowest BCUT2D eigenvalue weighted by Gasteiger charge is -2.24. The number of likely N-dealkylation sites (tertiary alicyclic amines) is 1. The van der Waals surface area contributed by atoms with Gasteiger partial charge in [0, 0.05) is 50.4 Å². The highest BCUT2D eigenvalue weighted by atomic mass is 35.5. The maximum Gasteiger partial charge on any atom is 0.243 e. The quantitative estimate of drug-likeness (QED) is 0.236. The molecule has 8 nitrogen and oxygen atoms in total. The maximum atomic E-state index is 12.6. The molecule has 3 amide bonds. The number of halogens is 1. The number of hydrogen-bond donors (Lipinski definition) is 4. The minimum atomic E-state index is -0.424. The molecule has 0 bridgehead atoms. The minimum Gasteiger partial charge on any atom is -0.354 e. The second-order valence-electron chi connectivity index (χ2n) is 6.52. The number of hydroxylamine groups is 1. The first-order chi connectivity index (χ1) is 12.5. The van der Waals surface area contributed by atoms with Crippen molar-refractivity contribution in [2.45, 2.75) is 48.6 Å². The number of unbranched alkanes of at least 4 members (excludes halogenated alkanes) is 2. The summed E-state index contributed by atoms with van der Waals surface area (Å²) in [6.45, 7) is 1.41. The van der Waals surface area contributed by atoms with E-state index in [-0.39, 0.29) is 41.1 Å². The second kappa shape index (κ2) is 12.0. The first kappa shape index (κ1) is 24.4. The summed E-state index contributed by atoms with van der Waals surface area (Å²) in [5.74, 6) is 1.56. The number of rotatable bonds is 9. The van der Waals surface area contributed by atoms with Gasteiger partial charge in [-0.15, -0.1) is 35.9 Å². The molecule has 27 heavy (non-hydrogen) atoms. The summed E-state index contributed by atoms with van der Waals surface area (Å²) in [4.78, 5) is 37.7. The third-order valence-electron chi connectivity index (χ3n) is 4.59. The van der Waals surface area contributed by atoms with Crippen LogP contribution < -0.4 is 16.5 Å². The van der Waals surface area contributed by atoms with E-state index < -0.39 is 11.9 Å². The van der Waals surface area contributed by atoms with Crippen molar-refractivity contribution in [3.05, 3.63) is 0 Å². The van der Waals surface area contributed by atoms with Gasteiger partial charge in [0.2, 0.25) is 17.7 Å². The van der Waals surface area contributed by atoms with Crippen LogP contribution in [0.3, 0.4) is 0 Å². The van der Waals surface area contributed by atoms with Crippen LogP contribution in [0.15, 0.2) is 0 Å². The average molecular weight is 441 g/mol. The fraction of sp³-hybridized carbons (Fsp3) is 0.812. The molecule has 0 aromatic carbocycles. The molecule has 0 radical (unpaired) electrons. The fourth-order valence-corrected chi connectivity index (χ4v) is 6.54. The Morgan fingerprint density at radius 1 is 1.15 bits per heavy atom. The van der Waals surface area contributed by atoms with Crippen molar-refractivity contribution in [2.24, 2.45) is 5.73 Å². The summed E-state index contributed by atoms with van der Waals surface area (Å²) in [7, 11) is 0. The average Bonchev–Trinajstić information content (AvgIpc) is 3.25. The van der Waals surface area contributed by atoms with Crippen LogP contribution in [0.25, 0.3) is 0 Å². The van der Waals surface area contributed by atoms with Crippen LogP contribution in [0.2, 0.25) is 0 Å². The van der Waals surface area contributed by atoms with E-state index in [1.165, 1.54) is 0 Å². The summed E-state index contributed by atoms with van der Waals surface area (Å²) in [6, 6.07) is -0.424. The van der Waals surface area contributed by atoms with Gasteiger partial charge in [-0.1, -0.05) is 6.42 Å². The van der Waals surface area contributed by atoms with Gasteiger partial charge >= 0.3 is 0 Å². The summed E-state index contributed by atoms with van der Waals surface area (Å²) in [5.41, 5.74) is 7.12. The topological polar surface area (TPSA) is 125 Å². The summed E-state index contributed by atoms with van der Waals surface area (Å²) < 4.78 is -0.0517. The largest absolute Gasteiger partial charge is 0.354 e. The molecule has 2 aliphatic heterocycles. The van der Waals surface area contributed by atoms with E-state index in [0.717, 1.165) is 24.3 Å². The smallest absolute Gasteiger partial charge is 0.243 e. The van der Waals surface area contributed by atoms with Crippen LogP contribution in [-0.4, -0.2) is 69.1 Å². The van der Waals surface area contributed by atoms with Gasteiger partial charge in [0.05, 0.1) is 4.08 Å². The number of nitrogens with zero attached hydrogens (tertiary/aromatic N) is 1. The van der Waals surface area contributed by atoms with E-state index >= 15 is 0 Å². The molecule has 2 aliphatic rings. The highest BCUT2D eigenvalue weighted by Crippen LogP contribution is 2.51. The number of thioether (sulfide) groups is 2. The van der Waals surface area contributed by atoms with Gasteiger partial charge in [0.25, 0.3) is 0 Å². The summed E-state index contributed by atoms with van der Waals surface area (Å²) in [5, 5.41) is 11.4. The molecule has 2 rings (SSSR count). The molecule has 0 unspecified atom stereocenters. The predicted molar refractivity (Wildman–Crippen MR) is 110 cm³/mol. The molecule has 0 aromatic rings. The van der Waals surface area contributed by atoms with Gasteiger partial charge in [-0.3, -0.25) is 19.6 Å². The fourth-order valence-electron chi connectivity index (χ4n) is 3.28. The van der Waals surface area contributed by atoms with Gasteiger partial charge in [-0.2, -0.15) is 0 Å². The van der Waals surface area contributed by atoms with Crippen LogP contribution >= 0.6 is 35.9 Å². The van der Waals surface area contributed by atoms with Gasteiger partial charge in [-0.25, -0.2) is 5.48 Å². The molecule has 1 atom stereocenters. The number of hydrogen-bond acceptors (Lipinski definition) is 7. The Labute approximate surface area is 174 Å². The molecule has 11 heteroatoms. The first-order valence-electron chi connectivity index (χ1n) is 8.99. The number of carbonyl (C=O) groups is 3. The second-order valence-corrected chi connectivity index (χ2v) is 9.74. The number of amides is 3. The highest BCUT2D eigenvalue weighted by Gasteiger charge is 2.50. The zero-order valence-electron chi connectivity index (χ0n) is 15.3. The molecular weight excluding hydrogens is 412 g/mol. The molecule has 2 saturated heterocycles. The number of carbonyl (C=O) groups excluding carboxylic acids is 3. The molecule has 0 aromatic heterocycles. The third-order valence-corrected chi connectivity index (χ3v) is 8.02. The van der Waals surface area contributed by atoms with Gasteiger partial charge in [0.15, 0.2) is 0 Å². The van der Waals surface area contributed by atoms with Gasteiger partial charge < -0.3 is 16.0 Å². The molecule has 156 valence electrons. The van der Waals surface area contributed by atoms with E-state index in [2.05, 4.69) is 5.32 Å². The lowest BCUT2D eigenvalue weighted by molar-refractivity contribution is -0.138. The van der Waals surface area contributed by atoms with Crippen molar-refractivity contribution in [2.75, 3.05) is 31.1 Å². The van der Waals surface area contributed by atoms with Crippen molar-refractivity contribution in [1.82, 2.24) is 15.7 Å². The van der Waals surface area contributed by atoms with Crippen molar-refractivity contribution >= 4 is 53.7 Å². The third kappa shape index (κ3) is 7.01. The summed E-state index contributed by atoms with van der Waals surface area (Å²) in [6.07, 6.45) is 3.41. The molecule has 0 saturated carbocycles. The van der Waals surface area contributed by atoms with Crippen molar-refractivity contribution in [1.29, 1.82) is 0 Å². The van der Waals surface area contributed by atoms with Crippen LogP contribution in [0, 0.1) is 0 Å². The Balaban J connectivity index is 0.00000364. The molecule has 5 N–H and O–H groups in total.